The fraction of sp³-hybridized carbons (Fsp3) is 0.200. The van der Waals surface area contributed by atoms with Gasteiger partial charge >= 0.3 is 6.98 Å². The third kappa shape index (κ3) is 5.94. The molecule has 1 rings (SSSR count). The van der Waals surface area contributed by atoms with Crippen LogP contribution in [0.5, 0.6) is 5.75 Å². The monoisotopic (exact) mass is 251 g/mol. The van der Waals surface area contributed by atoms with Crippen LogP contribution in [0.25, 0.3) is 0 Å². The van der Waals surface area contributed by atoms with Crippen molar-refractivity contribution in [1.82, 2.24) is 0 Å². The van der Waals surface area contributed by atoms with Crippen molar-refractivity contribution in [3.8, 4) is 5.75 Å². The highest BCUT2D eigenvalue weighted by Crippen LogP contribution is 2.21. The van der Waals surface area contributed by atoms with Gasteiger partial charge in [0.15, 0.2) is 6.61 Å². The number of benzene rings is 1. The summed E-state index contributed by atoms with van der Waals surface area (Å²) in [6, 6.07) is 7.68. The Balaban J connectivity index is 2.53. The van der Waals surface area contributed by atoms with Gasteiger partial charge in [0.25, 0.3) is 5.92 Å². The van der Waals surface area contributed by atoms with Gasteiger partial charge in [0.05, 0.1) is 0 Å². The molecule has 0 aromatic heterocycles. The zero-order chi connectivity index (χ0) is 12.9. The molecule has 0 amide bonds. The Bertz CT molecular complexity index is 374. The van der Waals surface area contributed by atoms with Crippen LogP contribution in [-0.4, -0.2) is 19.5 Å². The van der Waals surface area contributed by atoms with Gasteiger partial charge in [-0.25, -0.2) is 0 Å². The minimum Gasteiger partial charge on any atom is -0.487 e. The maximum atomic E-state index is 12.9. The molecule has 0 radical (unpaired) electrons. The average molecular weight is 251 g/mol. The van der Waals surface area contributed by atoms with E-state index in [2.05, 4.69) is 4.74 Å². The molecule has 0 N–H and O–H groups in total. The van der Waals surface area contributed by atoms with Crippen molar-refractivity contribution in [2.24, 2.45) is 0 Å². The van der Waals surface area contributed by atoms with Crippen LogP contribution in [0.4, 0.5) is 21.7 Å². The van der Waals surface area contributed by atoms with E-state index in [1.54, 1.807) is 18.2 Å². The van der Waals surface area contributed by atoms with E-state index in [1.807, 2.05) is 0 Å². The smallest absolute Gasteiger partial charge is 0.487 e. The first-order valence-electron chi connectivity index (χ1n) is 4.74. The number of hydrogen-bond acceptors (Lipinski definition) is 1. The summed E-state index contributed by atoms with van der Waals surface area (Å²) in [4.78, 5) is 0. The maximum absolute atomic E-state index is 12.9. The van der Waals surface area contributed by atoms with Gasteiger partial charge in [0, 0.05) is 0 Å². The molecule has 0 aliphatic carbocycles. The minimum absolute atomic E-state index is 0.179. The second-order valence-electron chi connectivity index (χ2n) is 3.35. The highest BCUT2D eigenvalue weighted by atomic mass is 19.4. The lowest BCUT2D eigenvalue weighted by Crippen LogP contribution is -2.24. The number of rotatable bonds is 5. The van der Waals surface area contributed by atoms with Crippen molar-refractivity contribution in [1.29, 1.82) is 0 Å². The van der Waals surface area contributed by atoms with Crippen molar-refractivity contribution in [3.63, 3.8) is 0 Å². The second-order valence-corrected chi connectivity index (χ2v) is 3.35. The predicted octanol–water partition coefficient (Wildman–Crippen LogP) is 3.64. The number of halogens is 5. The Morgan fingerprint density at radius 3 is 2.24 bits per heavy atom. The van der Waals surface area contributed by atoms with Crippen LogP contribution in [0.1, 0.15) is 0 Å². The molecule has 0 aliphatic heterocycles. The highest BCUT2D eigenvalue weighted by molar-refractivity contribution is 6.64. The third-order valence-electron chi connectivity index (χ3n) is 1.73. The van der Waals surface area contributed by atoms with Gasteiger partial charge < -0.3 is 17.7 Å². The van der Waals surface area contributed by atoms with Crippen molar-refractivity contribution in [3.05, 3.63) is 42.4 Å². The lowest BCUT2D eigenvalue weighted by molar-refractivity contribution is 0.00507. The van der Waals surface area contributed by atoms with E-state index in [-0.39, 0.29) is 11.8 Å². The van der Waals surface area contributed by atoms with Gasteiger partial charge in [0.1, 0.15) is 5.75 Å². The number of hydrogen-bond donors (Lipinski definition) is 0. The molecule has 0 unspecified atom stereocenters. The maximum Gasteiger partial charge on any atom is 0.502 e. The standard InChI is InChI=1S/C10H9BF5O/c12-10(13,6-7-11(14,15)16)8-17-9-4-2-1-3-5-9/h1-7H,8H2/q-1/b7-6+. The number of para-hydroxylation sites is 1. The fourth-order valence-electron chi connectivity index (χ4n) is 0.994. The molecular formula is C10H9BF5O-. The van der Waals surface area contributed by atoms with Gasteiger partial charge in [0.2, 0.25) is 0 Å². The second kappa shape index (κ2) is 5.20. The Morgan fingerprint density at radius 2 is 1.71 bits per heavy atom. The van der Waals surface area contributed by atoms with Crippen LogP contribution < -0.4 is 4.74 Å². The summed E-state index contributed by atoms with van der Waals surface area (Å²) in [5.74, 6) is -3.90. The van der Waals surface area contributed by atoms with Crippen molar-refractivity contribution >= 4 is 6.98 Å². The van der Waals surface area contributed by atoms with E-state index >= 15 is 0 Å². The third-order valence-corrected chi connectivity index (χ3v) is 1.73. The first-order valence-corrected chi connectivity index (χ1v) is 4.74. The molecule has 94 valence electrons. The largest absolute Gasteiger partial charge is 0.502 e. The normalized spacial score (nSPS) is 13.0. The SMILES string of the molecule is F[B-](F)(F)/C=C/C(F)(F)COc1ccccc1. The summed E-state index contributed by atoms with van der Waals surface area (Å²) in [7, 11) is 0. The predicted molar refractivity (Wildman–Crippen MR) is 55.1 cm³/mol. The number of ether oxygens (including phenoxy) is 1. The van der Waals surface area contributed by atoms with Crippen LogP contribution in [0.2, 0.25) is 0 Å². The molecule has 0 spiro atoms. The Hall–Kier alpha value is -1.53. The van der Waals surface area contributed by atoms with E-state index in [0.29, 0.717) is 0 Å². The molecule has 1 nitrogen and oxygen atoms in total. The van der Waals surface area contributed by atoms with E-state index in [1.165, 1.54) is 12.1 Å². The Morgan fingerprint density at radius 1 is 1.12 bits per heavy atom. The molecular weight excluding hydrogens is 242 g/mol. The van der Waals surface area contributed by atoms with Gasteiger partial charge in [-0.2, -0.15) is 8.78 Å². The molecule has 0 saturated carbocycles. The molecule has 0 bridgehead atoms. The summed E-state index contributed by atoms with van der Waals surface area (Å²) in [5.41, 5.74) is 0. The summed E-state index contributed by atoms with van der Waals surface area (Å²) in [6.45, 7) is -6.48. The van der Waals surface area contributed by atoms with E-state index < -0.39 is 25.5 Å². The van der Waals surface area contributed by atoms with Crippen molar-refractivity contribution < 1.29 is 26.5 Å². The molecule has 1 aromatic carbocycles. The lowest BCUT2D eigenvalue weighted by Gasteiger charge is -2.15. The first kappa shape index (κ1) is 13.5. The summed E-state index contributed by atoms with van der Waals surface area (Å²) < 4.78 is 65.8. The van der Waals surface area contributed by atoms with E-state index in [0.717, 1.165) is 0 Å². The van der Waals surface area contributed by atoms with Crippen LogP contribution >= 0.6 is 0 Å². The van der Waals surface area contributed by atoms with Crippen LogP contribution in [0, 0.1) is 0 Å². The minimum atomic E-state index is -5.36. The lowest BCUT2D eigenvalue weighted by atomic mass is 9.91. The van der Waals surface area contributed by atoms with E-state index in [9.17, 15) is 21.7 Å². The highest BCUT2D eigenvalue weighted by Gasteiger charge is 2.28. The zero-order valence-electron chi connectivity index (χ0n) is 8.62. The summed E-state index contributed by atoms with van der Waals surface area (Å²) in [5, 5.41) is 0. The number of alkyl halides is 2. The van der Waals surface area contributed by atoms with Crippen LogP contribution in [-0.2, 0) is 0 Å². The van der Waals surface area contributed by atoms with Gasteiger partial charge in [-0.05, 0) is 18.2 Å². The molecule has 0 fully saturated rings. The molecule has 17 heavy (non-hydrogen) atoms. The van der Waals surface area contributed by atoms with Crippen molar-refractivity contribution in [2.45, 2.75) is 5.92 Å². The van der Waals surface area contributed by atoms with E-state index in [4.69, 9.17) is 0 Å². The van der Waals surface area contributed by atoms with Crippen LogP contribution in [0.3, 0.4) is 0 Å². The Labute approximate surface area is 94.9 Å². The first-order chi connectivity index (χ1) is 7.79. The van der Waals surface area contributed by atoms with Crippen LogP contribution in [0.15, 0.2) is 42.4 Å². The quantitative estimate of drug-likeness (QED) is 0.573. The van der Waals surface area contributed by atoms with Gasteiger partial charge in [-0.15, -0.1) is 5.98 Å². The molecule has 0 saturated heterocycles. The fourth-order valence-corrected chi connectivity index (χ4v) is 0.994. The summed E-state index contributed by atoms with van der Waals surface area (Å²) in [6.07, 6.45) is -0.185. The average Bonchev–Trinajstić information content (AvgIpc) is 2.25. The topological polar surface area (TPSA) is 9.23 Å². The Kier molecular flexibility index (Phi) is 4.14. The molecule has 0 atom stereocenters. The van der Waals surface area contributed by atoms with Gasteiger partial charge in [-0.1, -0.05) is 18.2 Å². The van der Waals surface area contributed by atoms with Gasteiger partial charge in [-0.3, -0.25) is 0 Å². The van der Waals surface area contributed by atoms with Crippen molar-refractivity contribution in [2.75, 3.05) is 6.61 Å². The molecule has 0 aliphatic rings. The molecule has 7 heteroatoms. The summed E-state index contributed by atoms with van der Waals surface area (Å²) >= 11 is 0. The zero-order valence-corrected chi connectivity index (χ0v) is 8.62. The molecule has 1 aromatic rings. The molecule has 0 heterocycles.